The lowest BCUT2D eigenvalue weighted by atomic mass is 9.88. The molecule has 0 saturated carbocycles. The fourth-order valence-corrected chi connectivity index (χ4v) is 4.65. The molecule has 0 amide bonds. The van der Waals surface area contributed by atoms with Crippen LogP contribution >= 0.6 is 34.0 Å². The number of carboxylic acids is 3. The van der Waals surface area contributed by atoms with Gasteiger partial charge in [-0.2, -0.15) is 34.0 Å². The molecule has 6 N–H and O–H groups in total. The first-order chi connectivity index (χ1) is 18.6. The molecule has 0 aliphatic heterocycles. The highest BCUT2D eigenvalue weighted by molar-refractivity contribution is 7.08. The Morgan fingerprint density at radius 1 is 0.615 bits per heavy atom. The molecule has 3 aromatic heterocycles. The number of aryl methyl sites for hydroxylation is 3. The smallest absolute Gasteiger partial charge is 0.303 e. The quantitative estimate of drug-likeness (QED) is 0.163. The standard InChI is InChI=1S/3C7H8O2S.C6H14O3/c3*8-7(9)2-1-6-3-4-10-5-6;1-2-6(3-7,4-8)5-9/h3*3-5H,1-2H2,(H,8,9);7-9H,2-5H2,1H3. The fourth-order valence-electron chi connectivity index (χ4n) is 2.54. The molecule has 0 aliphatic carbocycles. The molecule has 0 spiro atoms. The maximum atomic E-state index is 10.1. The van der Waals surface area contributed by atoms with E-state index in [0.29, 0.717) is 25.7 Å². The first-order valence-corrected chi connectivity index (χ1v) is 14.9. The number of hydrogen-bond donors (Lipinski definition) is 6. The van der Waals surface area contributed by atoms with Gasteiger partial charge in [0.2, 0.25) is 0 Å². The topological polar surface area (TPSA) is 173 Å². The summed E-state index contributed by atoms with van der Waals surface area (Å²) in [6.45, 7) is 1.35. The number of carbonyl (C=O) groups is 3. The minimum Gasteiger partial charge on any atom is -0.481 e. The zero-order chi connectivity index (χ0) is 29.5. The molecule has 0 atom stereocenters. The third kappa shape index (κ3) is 19.2. The number of rotatable bonds is 13. The monoisotopic (exact) mass is 602 g/mol. The Hall–Kier alpha value is -2.61. The Morgan fingerprint density at radius 3 is 1.03 bits per heavy atom. The van der Waals surface area contributed by atoms with Crippen LogP contribution in [0.5, 0.6) is 0 Å². The van der Waals surface area contributed by atoms with Crippen molar-refractivity contribution in [3.8, 4) is 0 Å². The van der Waals surface area contributed by atoms with E-state index in [9.17, 15) is 14.4 Å². The Balaban J connectivity index is 0.000000494. The van der Waals surface area contributed by atoms with Gasteiger partial charge in [-0.25, -0.2) is 0 Å². The molecule has 0 radical (unpaired) electrons. The van der Waals surface area contributed by atoms with Crippen LogP contribution in [0.1, 0.15) is 49.3 Å². The third-order valence-electron chi connectivity index (χ3n) is 5.38. The van der Waals surface area contributed by atoms with Crippen LogP contribution in [-0.2, 0) is 33.6 Å². The molecule has 3 rings (SSSR count). The molecule has 39 heavy (non-hydrogen) atoms. The van der Waals surface area contributed by atoms with Gasteiger partial charge in [0.25, 0.3) is 0 Å². The lowest BCUT2D eigenvalue weighted by molar-refractivity contribution is -0.138. The van der Waals surface area contributed by atoms with Gasteiger partial charge in [0, 0.05) is 24.7 Å². The lowest BCUT2D eigenvalue weighted by Crippen LogP contribution is -2.32. The highest BCUT2D eigenvalue weighted by Crippen LogP contribution is 2.18. The van der Waals surface area contributed by atoms with Crippen LogP contribution in [-0.4, -0.2) is 68.4 Å². The van der Waals surface area contributed by atoms with E-state index in [0.717, 1.165) is 16.7 Å². The van der Waals surface area contributed by atoms with Crippen LogP contribution in [0.2, 0.25) is 0 Å². The summed E-state index contributed by atoms with van der Waals surface area (Å²) in [7, 11) is 0. The van der Waals surface area contributed by atoms with Crippen molar-refractivity contribution in [2.45, 2.75) is 51.9 Å². The molecule has 218 valence electrons. The van der Waals surface area contributed by atoms with Crippen molar-refractivity contribution in [3.63, 3.8) is 0 Å². The van der Waals surface area contributed by atoms with Gasteiger partial charge in [0.1, 0.15) is 0 Å². The molecular weight excluding hydrogens is 564 g/mol. The number of aliphatic carboxylic acids is 3. The predicted octanol–water partition coefficient (Wildman–Crippen LogP) is 4.66. The zero-order valence-electron chi connectivity index (χ0n) is 21.9. The average molecular weight is 603 g/mol. The number of aliphatic hydroxyl groups is 3. The van der Waals surface area contributed by atoms with Crippen LogP contribution in [0.3, 0.4) is 0 Å². The molecule has 0 fully saturated rings. The number of hydrogen-bond acceptors (Lipinski definition) is 9. The summed E-state index contributed by atoms with van der Waals surface area (Å²) in [6, 6.07) is 5.86. The van der Waals surface area contributed by atoms with E-state index in [2.05, 4.69) is 0 Å². The zero-order valence-corrected chi connectivity index (χ0v) is 24.3. The van der Waals surface area contributed by atoms with Gasteiger partial charge in [-0.3, -0.25) is 14.4 Å². The lowest BCUT2D eigenvalue weighted by Gasteiger charge is -2.24. The maximum Gasteiger partial charge on any atom is 0.303 e. The van der Waals surface area contributed by atoms with Gasteiger partial charge in [-0.15, -0.1) is 0 Å². The Kier molecular flexibility index (Phi) is 20.7. The Labute approximate surface area is 240 Å². The molecule has 12 heteroatoms. The van der Waals surface area contributed by atoms with E-state index in [1.807, 2.05) is 57.4 Å². The van der Waals surface area contributed by atoms with E-state index in [1.165, 1.54) is 0 Å². The van der Waals surface area contributed by atoms with Crippen LogP contribution in [0.15, 0.2) is 50.5 Å². The molecule has 0 aromatic carbocycles. The van der Waals surface area contributed by atoms with Crippen LogP contribution in [0.4, 0.5) is 0 Å². The van der Waals surface area contributed by atoms with Crippen LogP contribution in [0.25, 0.3) is 0 Å². The average Bonchev–Trinajstić information content (AvgIpc) is 3.72. The van der Waals surface area contributed by atoms with Crippen LogP contribution in [0, 0.1) is 5.41 Å². The van der Waals surface area contributed by atoms with E-state index in [4.69, 9.17) is 30.6 Å². The number of aliphatic hydroxyl groups excluding tert-OH is 3. The van der Waals surface area contributed by atoms with Gasteiger partial charge in [-0.05, 0) is 92.9 Å². The minimum absolute atomic E-state index is 0.156. The van der Waals surface area contributed by atoms with Gasteiger partial charge in [-0.1, -0.05) is 6.92 Å². The third-order valence-corrected chi connectivity index (χ3v) is 7.58. The van der Waals surface area contributed by atoms with Crippen molar-refractivity contribution >= 4 is 51.9 Å². The van der Waals surface area contributed by atoms with E-state index in [-0.39, 0.29) is 39.1 Å². The van der Waals surface area contributed by atoms with Gasteiger partial charge in [0.15, 0.2) is 0 Å². The maximum absolute atomic E-state index is 10.1. The summed E-state index contributed by atoms with van der Waals surface area (Å²) in [6.07, 6.45) is 3.25. The molecule has 3 heterocycles. The van der Waals surface area contributed by atoms with Crippen molar-refractivity contribution in [3.05, 3.63) is 67.2 Å². The predicted molar refractivity (Wildman–Crippen MR) is 155 cm³/mol. The Morgan fingerprint density at radius 2 is 0.897 bits per heavy atom. The number of carboxylic acid groups (broad SMARTS) is 3. The van der Waals surface area contributed by atoms with Crippen molar-refractivity contribution < 1.29 is 45.0 Å². The van der Waals surface area contributed by atoms with Gasteiger partial charge < -0.3 is 30.6 Å². The van der Waals surface area contributed by atoms with Gasteiger partial charge in [0.05, 0.1) is 19.8 Å². The number of thiophene rings is 3. The SMILES string of the molecule is CCC(CO)(CO)CO.O=C(O)CCc1ccsc1.O=C(O)CCc1ccsc1.O=C(O)CCc1ccsc1. The second kappa shape index (κ2) is 22.2. The molecule has 0 bridgehead atoms. The Bertz CT molecular complexity index is 865. The second-order valence-electron chi connectivity index (χ2n) is 8.40. The minimum atomic E-state index is -0.730. The summed E-state index contributed by atoms with van der Waals surface area (Å²) in [5.74, 6) is -2.19. The largest absolute Gasteiger partial charge is 0.481 e. The molecule has 0 aliphatic rings. The first kappa shape index (κ1) is 36.4. The molecular formula is C27H38O9S3. The normalized spacial score (nSPS) is 10.2. The van der Waals surface area contributed by atoms with Gasteiger partial charge >= 0.3 is 17.9 Å². The first-order valence-electron chi connectivity index (χ1n) is 12.1. The van der Waals surface area contributed by atoms with E-state index < -0.39 is 23.3 Å². The van der Waals surface area contributed by atoms with Crippen LogP contribution < -0.4 is 0 Å². The highest BCUT2D eigenvalue weighted by Gasteiger charge is 2.24. The van der Waals surface area contributed by atoms with E-state index in [1.54, 1.807) is 34.0 Å². The summed E-state index contributed by atoms with van der Waals surface area (Å²) in [5, 5.41) is 62.7. The van der Waals surface area contributed by atoms with E-state index >= 15 is 0 Å². The molecule has 0 saturated heterocycles. The molecule has 3 aromatic rings. The van der Waals surface area contributed by atoms with Crippen molar-refractivity contribution in [1.29, 1.82) is 0 Å². The van der Waals surface area contributed by atoms with Crippen molar-refractivity contribution in [1.82, 2.24) is 0 Å². The molecule has 9 nitrogen and oxygen atoms in total. The second-order valence-corrected chi connectivity index (χ2v) is 10.7. The fraction of sp³-hybridized carbons (Fsp3) is 0.444. The molecule has 0 unspecified atom stereocenters. The summed E-state index contributed by atoms with van der Waals surface area (Å²) in [5.41, 5.74) is 2.69. The van der Waals surface area contributed by atoms with Crippen molar-refractivity contribution in [2.24, 2.45) is 5.41 Å². The summed E-state index contributed by atoms with van der Waals surface area (Å²) < 4.78 is 0. The summed E-state index contributed by atoms with van der Waals surface area (Å²) in [4.78, 5) is 30.3. The summed E-state index contributed by atoms with van der Waals surface area (Å²) >= 11 is 4.79. The van der Waals surface area contributed by atoms with Crippen molar-refractivity contribution in [2.75, 3.05) is 19.8 Å². The highest BCUT2D eigenvalue weighted by atomic mass is 32.1.